The van der Waals surface area contributed by atoms with Crippen molar-refractivity contribution in [2.24, 2.45) is 5.92 Å². The molecule has 1 N–H and O–H groups in total. The molecule has 106 valence electrons. The maximum atomic E-state index is 11.9. The van der Waals surface area contributed by atoms with E-state index in [-0.39, 0.29) is 17.9 Å². The number of carbonyl (C=O) groups excluding carboxylic acids is 1. The van der Waals surface area contributed by atoms with Crippen molar-refractivity contribution < 1.29 is 4.79 Å². The van der Waals surface area contributed by atoms with Crippen LogP contribution in [-0.2, 0) is 4.79 Å². The molecular formula is C15H19N3OS. The Bertz CT molecular complexity index is 599. The van der Waals surface area contributed by atoms with Gasteiger partial charge in [-0.2, -0.15) is 5.10 Å². The molecule has 3 rings (SSSR count). The Morgan fingerprint density at radius 3 is 2.90 bits per heavy atom. The maximum Gasteiger partial charge on any atom is 0.223 e. The second kappa shape index (κ2) is 5.40. The van der Waals surface area contributed by atoms with Crippen LogP contribution in [0.2, 0.25) is 0 Å². The van der Waals surface area contributed by atoms with Crippen molar-refractivity contribution in [2.45, 2.75) is 32.7 Å². The van der Waals surface area contributed by atoms with Crippen LogP contribution in [0.1, 0.15) is 35.1 Å². The quantitative estimate of drug-likeness (QED) is 0.920. The van der Waals surface area contributed by atoms with Crippen LogP contribution in [0, 0.1) is 19.8 Å². The Labute approximate surface area is 122 Å². The van der Waals surface area contributed by atoms with Gasteiger partial charge >= 0.3 is 0 Å². The maximum absolute atomic E-state index is 11.9. The number of hydrogen-bond acceptors (Lipinski definition) is 3. The third-order valence-corrected chi connectivity index (χ3v) is 4.60. The fourth-order valence-corrected chi connectivity index (χ4v) is 3.25. The highest BCUT2D eigenvalue weighted by molar-refractivity contribution is 7.10. The molecule has 2 aromatic heterocycles. The SMILES string of the molecule is Cc1cc(C)n(C(CNC(=O)C2CC2)c2cccs2)n1. The van der Waals surface area contributed by atoms with Crippen LogP contribution in [0.25, 0.3) is 0 Å². The third kappa shape index (κ3) is 2.77. The van der Waals surface area contributed by atoms with Crippen molar-refractivity contribution in [2.75, 3.05) is 6.54 Å². The Morgan fingerprint density at radius 1 is 1.55 bits per heavy atom. The number of aryl methyl sites for hydroxylation is 2. The van der Waals surface area contributed by atoms with Crippen LogP contribution in [-0.4, -0.2) is 22.2 Å². The first kappa shape index (κ1) is 13.4. The third-order valence-electron chi connectivity index (χ3n) is 3.63. The van der Waals surface area contributed by atoms with Crippen molar-refractivity contribution >= 4 is 17.2 Å². The summed E-state index contributed by atoms with van der Waals surface area (Å²) in [5.74, 6) is 0.438. The van der Waals surface area contributed by atoms with Crippen LogP contribution >= 0.6 is 11.3 Å². The van der Waals surface area contributed by atoms with Gasteiger partial charge in [0.2, 0.25) is 5.91 Å². The Balaban J connectivity index is 1.80. The lowest BCUT2D eigenvalue weighted by atomic mass is 10.2. The van der Waals surface area contributed by atoms with E-state index < -0.39 is 0 Å². The molecule has 1 unspecified atom stereocenters. The predicted octanol–water partition coefficient (Wildman–Crippen LogP) is 2.68. The molecule has 0 radical (unpaired) electrons. The molecule has 1 atom stereocenters. The van der Waals surface area contributed by atoms with Gasteiger partial charge in [0.25, 0.3) is 0 Å². The van der Waals surface area contributed by atoms with E-state index in [1.165, 1.54) is 4.88 Å². The molecule has 4 nitrogen and oxygen atoms in total. The van der Waals surface area contributed by atoms with E-state index in [9.17, 15) is 4.79 Å². The second-order valence-corrected chi connectivity index (χ2v) is 6.40. The Kier molecular flexibility index (Phi) is 3.61. The topological polar surface area (TPSA) is 46.9 Å². The molecule has 2 aromatic rings. The summed E-state index contributed by atoms with van der Waals surface area (Å²) in [6, 6.07) is 6.31. The lowest BCUT2D eigenvalue weighted by molar-refractivity contribution is -0.122. The molecule has 0 saturated heterocycles. The van der Waals surface area contributed by atoms with Gasteiger partial charge in [-0.1, -0.05) is 6.07 Å². The van der Waals surface area contributed by atoms with Crippen LogP contribution in [0.15, 0.2) is 23.6 Å². The summed E-state index contributed by atoms with van der Waals surface area (Å²) in [4.78, 5) is 13.1. The average molecular weight is 289 g/mol. The number of rotatable bonds is 5. The summed E-state index contributed by atoms with van der Waals surface area (Å²) in [7, 11) is 0. The number of nitrogens with zero attached hydrogens (tertiary/aromatic N) is 2. The van der Waals surface area contributed by atoms with Gasteiger partial charge in [-0.3, -0.25) is 9.48 Å². The standard InChI is InChI=1S/C15H19N3OS/c1-10-8-11(2)18(17-10)13(14-4-3-7-20-14)9-16-15(19)12-5-6-12/h3-4,7-8,12-13H,5-6,9H2,1-2H3,(H,16,19). The van der Waals surface area contributed by atoms with E-state index in [0.717, 1.165) is 24.2 Å². The molecule has 1 aliphatic rings. The van der Waals surface area contributed by atoms with Crippen molar-refractivity contribution in [3.63, 3.8) is 0 Å². The highest BCUT2D eigenvalue weighted by Gasteiger charge is 2.30. The highest BCUT2D eigenvalue weighted by Crippen LogP contribution is 2.29. The van der Waals surface area contributed by atoms with Crippen LogP contribution in [0.4, 0.5) is 0 Å². The van der Waals surface area contributed by atoms with Gasteiger partial charge in [-0.15, -0.1) is 11.3 Å². The summed E-state index contributed by atoms with van der Waals surface area (Å²) in [5.41, 5.74) is 2.14. The van der Waals surface area contributed by atoms with E-state index in [1.54, 1.807) is 11.3 Å². The summed E-state index contributed by atoms with van der Waals surface area (Å²) in [6.45, 7) is 4.67. The highest BCUT2D eigenvalue weighted by atomic mass is 32.1. The van der Waals surface area contributed by atoms with E-state index in [2.05, 4.69) is 34.9 Å². The zero-order valence-electron chi connectivity index (χ0n) is 11.8. The molecular weight excluding hydrogens is 270 g/mol. The second-order valence-electron chi connectivity index (χ2n) is 5.42. The molecule has 0 aliphatic heterocycles. The first-order chi connectivity index (χ1) is 9.65. The number of amides is 1. The van der Waals surface area contributed by atoms with E-state index in [0.29, 0.717) is 6.54 Å². The molecule has 0 spiro atoms. The van der Waals surface area contributed by atoms with Gasteiger partial charge in [0.1, 0.15) is 6.04 Å². The van der Waals surface area contributed by atoms with E-state index >= 15 is 0 Å². The molecule has 0 aromatic carbocycles. The summed E-state index contributed by atoms with van der Waals surface area (Å²) >= 11 is 1.71. The Morgan fingerprint density at radius 2 is 2.35 bits per heavy atom. The molecule has 1 aliphatic carbocycles. The minimum Gasteiger partial charge on any atom is -0.353 e. The van der Waals surface area contributed by atoms with Crippen LogP contribution in [0.3, 0.4) is 0 Å². The summed E-state index contributed by atoms with van der Waals surface area (Å²) in [6.07, 6.45) is 2.07. The average Bonchev–Trinajstić information content (AvgIpc) is 3.03. The minimum absolute atomic E-state index is 0.0893. The molecule has 5 heteroatoms. The van der Waals surface area contributed by atoms with Crippen molar-refractivity contribution in [3.8, 4) is 0 Å². The van der Waals surface area contributed by atoms with Gasteiger partial charge in [-0.05, 0) is 44.2 Å². The lowest BCUT2D eigenvalue weighted by Gasteiger charge is -2.18. The molecule has 1 saturated carbocycles. The van der Waals surface area contributed by atoms with Gasteiger partial charge in [0.05, 0.1) is 5.69 Å². The van der Waals surface area contributed by atoms with Gasteiger partial charge in [-0.25, -0.2) is 0 Å². The van der Waals surface area contributed by atoms with Gasteiger partial charge < -0.3 is 5.32 Å². The van der Waals surface area contributed by atoms with E-state index in [1.807, 2.05) is 17.7 Å². The monoisotopic (exact) mass is 289 g/mol. The summed E-state index contributed by atoms with van der Waals surface area (Å²) in [5, 5.41) is 9.72. The molecule has 1 fully saturated rings. The minimum atomic E-state index is 0.0893. The lowest BCUT2D eigenvalue weighted by Crippen LogP contribution is -2.32. The molecule has 20 heavy (non-hydrogen) atoms. The number of hydrogen-bond donors (Lipinski definition) is 1. The smallest absolute Gasteiger partial charge is 0.223 e. The predicted molar refractivity (Wildman–Crippen MR) is 79.9 cm³/mol. The number of nitrogens with one attached hydrogen (secondary N) is 1. The zero-order chi connectivity index (χ0) is 14.1. The van der Waals surface area contributed by atoms with Gasteiger partial charge in [0.15, 0.2) is 0 Å². The number of aromatic nitrogens is 2. The molecule has 2 heterocycles. The van der Waals surface area contributed by atoms with Crippen molar-refractivity contribution in [1.82, 2.24) is 15.1 Å². The Hall–Kier alpha value is -1.62. The fourth-order valence-electron chi connectivity index (χ4n) is 2.44. The normalized spacial score (nSPS) is 16.1. The van der Waals surface area contributed by atoms with Crippen LogP contribution < -0.4 is 5.32 Å². The zero-order valence-corrected chi connectivity index (χ0v) is 12.6. The number of carbonyl (C=O) groups is 1. The van der Waals surface area contributed by atoms with Crippen molar-refractivity contribution in [1.29, 1.82) is 0 Å². The first-order valence-corrected chi connectivity index (χ1v) is 7.87. The van der Waals surface area contributed by atoms with E-state index in [4.69, 9.17) is 0 Å². The van der Waals surface area contributed by atoms with Crippen LogP contribution in [0.5, 0.6) is 0 Å². The number of thiophene rings is 1. The molecule has 0 bridgehead atoms. The molecule has 1 amide bonds. The largest absolute Gasteiger partial charge is 0.353 e. The fraction of sp³-hybridized carbons (Fsp3) is 0.467. The van der Waals surface area contributed by atoms with Gasteiger partial charge in [0, 0.05) is 23.0 Å². The summed E-state index contributed by atoms with van der Waals surface area (Å²) < 4.78 is 2.02. The first-order valence-electron chi connectivity index (χ1n) is 6.99. The van der Waals surface area contributed by atoms with Crippen molar-refractivity contribution in [3.05, 3.63) is 39.8 Å².